The molecule has 0 fully saturated rings. The van der Waals surface area contributed by atoms with Crippen molar-refractivity contribution >= 4 is 23.2 Å². The fourth-order valence-corrected chi connectivity index (χ4v) is 2.04. The molecule has 6 heteroatoms. The summed E-state index contributed by atoms with van der Waals surface area (Å²) in [6, 6.07) is 12.2. The number of amides is 2. The van der Waals surface area contributed by atoms with Crippen molar-refractivity contribution in [2.75, 3.05) is 10.6 Å². The zero-order valence-corrected chi connectivity index (χ0v) is 18.4. The van der Waals surface area contributed by atoms with Crippen LogP contribution in [0, 0.1) is 95.4 Å². The molecule has 0 aromatic heterocycles. The Morgan fingerprint density at radius 2 is 1.17 bits per heavy atom. The number of terminal acetylenes is 1. The molecule has 0 aliphatic heterocycles. The van der Waals surface area contributed by atoms with Crippen LogP contribution in [-0.2, 0) is 9.59 Å². The maximum atomic E-state index is 12.0. The van der Waals surface area contributed by atoms with Gasteiger partial charge in [-0.25, -0.2) is 0 Å². The lowest BCUT2D eigenvalue weighted by Gasteiger charge is -2.08. The summed E-state index contributed by atoms with van der Waals surface area (Å²) in [5.74, 6) is 32.4. The maximum Gasteiger partial charge on any atom is 0.314 e. The Labute approximate surface area is 208 Å². The van der Waals surface area contributed by atoms with E-state index in [-0.39, 0.29) is 11.4 Å². The van der Waals surface area contributed by atoms with Gasteiger partial charge in [-0.1, -0.05) is 12.1 Å². The van der Waals surface area contributed by atoms with Crippen LogP contribution in [0.3, 0.4) is 0 Å². The predicted molar refractivity (Wildman–Crippen MR) is 136 cm³/mol. The van der Waals surface area contributed by atoms with Gasteiger partial charge in [-0.2, -0.15) is 0 Å². The molecular formula is C30H12N2O4. The summed E-state index contributed by atoms with van der Waals surface area (Å²) in [4.78, 5) is 24.0. The summed E-state index contributed by atoms with van der Waals surface area (Å²) in [6.07, 6.45) is 7.32. The summed E-state index contributed by atoms with van der Waals surface area (Å²) >= 11 is 0. The van der Waals surface area contributed by atoms with Crippen LogP contribution in [0.15, 0.2) is 48.5 Å². The molecule has 0 saturated carbocycles. The van der Waals surface area contributed by atoms with E-state index in [1.807, 2.05) is 0 Å². The lowest BCUT2D eigenvalue weighted by Crippen LogP contribution is -2.29. The highest BCUT2D eigenvalue weighted by atomic mass is 16.5. The van der Waals surface area contributed by atoms with Gasteiger partial charge in [0.25, 0.3) is 0 Å². The number of ether oxygens (including phenoxy) is 1. The van der Waals surface area contributed by atoms with E-state index in [4.69, 9.17) is 11.2 Å². The predicted octanol–water partition coefficient (Wildman–Crippen LogP) is 1.96. The van der Waals surface area contributed by atoms with Crippen molar-refractivity contribution in [2.45, 2.75) is 0 Å². The van der Waals surface area contributed by atoms with Crippen molar-refractivity contribution < 1.29 is 19.4 Å². The first-order chi connectivity index (χ1) is 17.6. The molecule has 0 aliphatic carbocycles. The number of benzene rings is 2. The summed E-state index contributed by atoms with van der Waals surface area (Å²) in [5, 5.41) is 14.4. The molecule has 0 spiro atoms. The van der Waals surface area contributed by atoms with Crippen LogP contribution in [0.2, 0.25) is 0 Å². The summed E-state index contributed by atoms with van der Waals surface area (Å²) < 4.78 is 5.20. The van der Waals surface area contributed by atoms with E-state index in [1.165, 1.54) is 24.3 Å². The average Bonchev–Trinajstić information content (AvgIpc) is 2.88. The highest BCUT2D eigenvalue weighted by Crippen LogP contribution is 2.21. The van der Waals surface area contributed by atoms with Crippen molar-refractivity contribution in [3.63, 3.8) is 0 Å². The topological polar surface area (TPSA) is 87.7 Å². The van der Waals surface area contributed by atoms with E-state index in [2.05, 4.69) is 99.6 Å². The van der Waals surface area contributed by atoms with Crippen molar-refractivity contribution in [2.24, 2.45) is 0 Å². The molecule has 0 unspecified atom stereocenters. The van der Waals surface area contributed by atoms with E-state index in [0.717, 1.165) is 0 Å². The smallest absolute Gasteiger partial charge is 0.314 e. The zero-order chi connectivity index (χ0) is 25.8. The standard InChI is InChI=1S/C30H12N2O4/c1-2-3-4-5-6-7-8-9-10-11-12-13-14-17-24-36-26-22-20-25(21-23-26)31-29(34)30(35)32-27-18-15-16-19-28(27)33/h1,15-16,18-23,33H,(H,31,34)(H,32,35). The van der Waals surface area contributed by atoms with Crippen molar-refractivity contribution in [1.82, 2.24) is 0 Å². The van der Waals surface area contributed by atoms with Crippen molar-refractivity contribution in [3.05, 3.63) is 48.5 Å². The van der Waals surface area contributed by atoms with Crippen LogP contribution in [0.5, 0.6) is 11.5 Å². The van der Waals surface area contributed by atoms with Gasteiger partial charge in [0.05, 0.1) is 5.69 Å². The van der Waals surface area contributed by atoms with Crippen molar-refractivity contribution in [1.29, 1.82) is 0 Å². The van der Waals surface area contributed by atoms with Gasteiger partial charge >= 0.3 is 11.8 Å². The largest absolute Gasteiger partial charge is 0.506 e. The zero-order valence-electron chi connectivity index (χ0n) is 18.4. The van der Waals surface area contributed by atoms with Crippen LogP contribution >= 0.6 is 0 Å². The van der Waals surface area contributed by atoms with Gasteiger partial charge in [-0.05, 0) is 77.8 Å². The Kier molecular flexibility index (Phi) is 10.9. The van der Waals surface area contributed by atoms with Crippen LogP contribution < -0.4 is 15.4 Å². The number of aromatic hydroxyl groups is 1. The molecule has 3 N–H and O–H groups in total. The Balaban J connectivity index is 1.80. The molecule has 0 aliphatic rings. The number of rotatable bonds is 3. The third-order valence-electron chi connectivity index (χ3n) is 3.51. The SMILES string of the molecule is C#CC#CC#CC#CC#CC#CC#CC#COc1ccc(NC(=O)C(=O)Nc2ccccc2O)cc1. The quantitative estimate of drug-likeness (QED) is 0.368. The van der Waals surface area contributed by atoms with Gasteiger partial charge in [-0.15, -0.1) is 6.42 Å². The minimum absolute atomic E-state index is 0.126. The molecule has 0 atom stereocenters. The van der Waals surface area contributed by atoms with Crippen molar-refractivity contribution in [3.8, 4) is 107 Å². The first kappa shape index (κ1) is 25.7. The highest BCUT2D eigenvalue weighted by molar-refractivity contribution is 6.43. The minimum Gasteiger partial charge on any atom is -0.506 e. The molecule has 2 aromatic carbocycles. The molecule has 0 saturated heterocycles. The average molecular weight is 464 g/mol. The second-order valence-electron chi connectivity index (χ2n) is 5.92. The molecule has 2 amide bonds. The van der Waals surface area contributed by atoms with Gasteiger partial charge in [0.1, 0.15) is 17.6 Å². The van der Waals surface area contributed by atoms with Gasteiger partial charge < -0.3 is 20.5 Å². The minimum atomic E-state index is -0.931. The number of anilines is 2. The first-order valence-corrected chi connectivity index (χ1v) is 9.73. The molecule has 6 nitrogen and oxygen atoms in total. The second kappa shape index (κ2) is 15.3. The monoisotopic (exact) mass is 464 g/mol. The molecule has 0 bridgehead atoms. The van der Waals surface area contributed by atoms with Crippen LogP contribution in [0.1, 0.15) is 0 Å². The Bertz CT molecular complexity index is 1650. The summed E-state index contributed by atoms with van der Waals surface area (Å²) in [6.45, 7) is 0. The summed E-state index contributed by atoms with van der Waals surface area (Å²) in [7, 11) is 0. The fourth-order valence-electron chi connectivity index (χ4n) is 2.04. The van der Waals surface area contributed by atoms with E-state index < -0.39 is 11.8 Å². The third-order valence-corrected chi connectivity index (χ3v) is 3.51. The Morgan fingerprint density at radius 3 is 1.72 bits per heavy atom. The molecule has 2 aromatic rings. The first-order valence-electron chi connectivity index (χ1n) is 9.73. The van der Waals surface area contributed by atoms with Crippen LogP contribution in [-0.4, -0.2) is 16.9 Å². The number of carbonyl (C=O) groups is 2. The molecular weight excluding hydrogens is 452 g/mol. The number of phenolic OH excluding ortho intramolecular Hbond substituents is 1. The number of nitrogens with one attached hydrogen (secondary N) is 2. The van der Waals surface area contributed by atoms with Gasteiger partial charge in [0, 0.05) is 47.1 Å². The highest BCUT2D eigenvalue weighted by Gasteiger charge is 2.15. The maximum absolute atomic E-state index is 12.0. The molecule has 0 heterocycles. The van der Waals surface area contributed by atoms with Crippen LogP contribution in [0.4, 0.5) is 11.4 Å². The van der Waals surface area contributed by atoms with Gasteiger partial charge in [0.15, 0.2) is 0 Å². The lowest BCUT2D eigenvalue weighted by molar-refractivity contribution is -0.133. The number of hydrogen-bond acceptors (Lipinski definition) is 4. The molecule has 0 radical (unpaired) electrons. The molecule has 36 heavy (non-hydrogen) atoms. The normalized spacial score (nSPS) is 7.31. The lowest BCUT2D eigenvalue weighted by atomic mass is 10.3. The Morgan fingerprint density at radius 1 is 0.667 bits per heavy atom. The third kappa shape index (κ3) is 10.2. The number of phenols is 1. The van der Waals surface area contributed by atoms with Gasteiger partial charge in [-0.3, -0.25) is 9.59 Å². The van der Waals surface area contributed by atoms with E-state index >= 15 is 0 Å². The van der Waals surface area contributed by atoms with E-state index in [9.17, 15) is 14.7 Å². The fraction of sp³-hybridized carbons (Fsp3) is 0. The molecule has 166 valence electrons. The van der Waals surface area contributed by atoms with E-state index in [0.29, 0.717) is 11.4 Å². The second-order valence-corrected chi connectivity index (χ2v) is 5.92. The molecule has 2 rings (SSSR count). The number of carbonyl (C=O) groups excluding carboxylic acids is 2. The van der Waals surface area contributed by atoms with Crippen LogP contribution in [0.25, 0.3) is 0 Å². The Hall–Kier alpha value is -6.54. The summed E-state index contributed by atoms with van der Waals surface area (Å²) in [5.41, 5.74) is 0.486. The number of para-hydroxylation sites is 2. The van der Waals surface area contributed by atoms with E-state index in [1.54, 1.807) is 24.3 Å². The van der Waals surface area contributed by atoms with Gasteiger partial charge in [0.2, 0.25) is 0 Å². The number of hydrogen-bond donors (Lipinski definition) is 3.